The highest BCUT2D eigenvalue weighted by Crippen LogP contribution is 2.19. The summed E-state index contributed by atoms with van der Waals surface area (Å²) < 4.78 is 0. The standard InChI is InChI=1S/C14H27N3O2/c1-4-14(3,10-15)13(19)16-11(2)12(18)17-8-6-5-7-9-17/h11H,4-10,15H2,1-3H3,(H,16,19). The van der Waals surface area contributed by atoms with Crippen LogP contribution in [0.15, 0.2) is 0 Å². The minimum atomic E-state index is -0.587. The van der Waals surface area contributed by atoms with Crippen molar-refractivity contribution < 1.29 is 9.59 Å². The lowest BCUT2D eigenvalue weighted by Gasteiger charge is -2.31. The Labute approximate surface area is 115 Å². The molecule has 110 valence electrons. The third-order valence-electron chi connectivity index (χ3n) is 4.16. The van der Waals surface area contributed by atoms with Crippen molar-refractivity contribution in [3.63, 3.8) is 0 Å². The molecule has 0 saturated carbocycles. The number of hydrogen-bond donors (Lipinski definition) is 2. The molecule has 3 N–H and O–H groups in total. The third kappa shape index (κ3) is 3.93. The summed E-state index contributed by atoms with van der Waals surface area (Å²) in [6.45, 7) is 7.42. The lowest BCUT2D eigenvalue weighted by molar-refractivity contribution is -0.139. The van der Waals surface area contributed by atoms with Gasteiger partial charge in [-0.2, -0.15) is 0 Å². The number of likely N-dealkylation sites (tertiary alicyclic amines) is 1. The van der Waals surface area contributed by atoms with Crippen LogP contribution in [0.2, 0.25) is 0 Å². The molecule has 19 heavy (non-hydrogen) atoms. The van der Waals surface area contributed by atoms with E-state index in [1.807, 2.05) is 18.7 Å². The summed E-state index contributed by atoms with van der Waals surface area (Å²) in [4.78, 5) is 26.2. The van der Waals surface area contributed by atoms with Gasteiger partial charge in [0.2, 0.25) is 11.8 Å². The number of carbonyl (C=O) groups excluding carboxylic acids is 2. The third-order valence-corrected chi connectivity index (χ3v) is 4.16. The van der Waals surface area contributed by atoms with Crippen LogP contribution in [0.25, 0.3) is 0 Å². The van der Waals surface area contributed by atoms with Crippen molar-refractivity contribution in [1.82, 2.24) is 10.2 Å². The molecule has 1 aliphatic heterocycles. The molecule has 0 bridgehead atoms. The average Bonchev–Trinajstić information content (AvgIpc) is 2.46. The molecule has 1 heterocycles. The number of nitrogens with zero attached hydrogens (tertiary/aromatic N) is 1. The largest absolute Gasteiger partial charge is 0.344 e. The Morgan fingerprint density at radius 1 is 1.32 bits per heavy atom. The zero-order valence-electron chi connectivity index (χ0n) is 12.4. The maximum Gasteiger partial charge on any atom is 0.244 e. The first-order valence-corrected chi connectivity index (χ1v) is 7.24. The van der Waals surface area contributed by atoms with Crippen molar-refractivity contribution >= 4 is 11.8 Å². The van der Waals surface area contributed by atoms with E-state index in [1.54, 1.807) is 6.92 Å². The molecule has 5 heteroatoms. The van der Waals surface area contributed by atoms with Gasteiger partial charge in [-0.25, -0.2) is 0 Å². The van der Waals surface area contributed by atoms with E-state index in [1.165, 1.54) is 6.42 Å². The van der Waals surface area contributed by atoms with Crippen molar-refractivity contribution in [2.75, 3.05) is 19.6 Å². The first kappa shape index (κ1) is 16.0. The number of carbonyl (C=O) groups is 2. The van der Waals surface area contributed by atoms with Crippen LogP contribution in [-0.2, 0) is 9.59 Å². The van der Waals surface area contributed by atoms with Gasteiger partial charge in [0.25, 0.3) is 0 Å². The van der Waals surface area contributed by atoms with Crippen LogP contribution >= 0.6 is 0 Å². The second-order valence-electron chi connectivity index (χ2n) is 5.70. The van der Waals surface area contributed by atoms with E-state index in [4.69, 9.17) is 5.73 Å². The molecule has 1 rings (SSSR count). The van der Waals surface area contributed by atoms with Gasteiger partial charge in [0, 0.05) is 19.6 Å². The fraction of sp³-hybridized carbons (Fsp3) is 0.857. The average molecular weight is 269 g/mol. The topological polar surface area (TPSA) is 75.4 Å². The van der Waals surface area contributed by atoms with E-state index in [0.29, 0.717) is 13.0 Å². The van der Waals surface area contributed by atoms with Crippen molar-refractivity contribution in [2.24, 2.45) is 11.1 Å². The van der Waals surface area contributed by atoms with E-state index < -0.39 is 11.5 Å². The first-order chi connectivity index (χ1) is 8.94. The monoisotopic (exact) mass is 269 g/mol. The predicted molar refractivity (Wildman–Crippen MR) is 75.5 cm³/mol. The fourth-order valence-corrected chi connectivity index (χ4v) is 2.22. The Morgan fingerprint density at radius 3 is 2.37 bits per heavy atom. The van der Waals surface area contributed by atoms with Gasteiger partial charge in [-0.3, -0.25) is 9.59 Å². The van der Waals surface area contributed by atoms with Crippen LogP contribution < -0.4 is 11.1 Å². The summed E-state index contributed by atoms with van der Waals surface area (Å²) >= 11 is 0. The van der Waals surface area contributed by atoms with Crippen molar-refractivity contribution in [3.8, 4) is 0 Å². The van der Waals surface area contributed by atoms with Gasteiger partial charge >= 0.3 is 0 Å². The van der Waals surface area contributed by atoms with Gasteiger partial charge in [0.15, 0.2) is 0 Å². The van der Waals surface area contributed by atoms with Gasteiger partial charge in [0.1, 0.15) is 6.04 Å². The van der Waals surface area contributed by atoms with E-state index in [9.17, 15) is 9.59 Å². The molecule has 0 aliphatic carbocycles. The second-order valence-corrected chi connectivity index (χ2v) is 5.70. The van der Waals surface area contributed by atoms with Crippen LogP contribution in [0, 0.1) is 5.41 Å². The zero-order valence-corrected chi connectivity index (χ0v) is 12.4. The minimum absolute atomic E-state index is 0.0172. The lowest BCUT2D eigenvalue weighted by Crippen LogP contribution is -2.53. The highest BCUT2D eigenvalue weighted by Gasteiger charge is 2.32. The maximum atomic E-state index is 12.2. The Kier molecular flexibility index (Phi) is 5.79. The summed E-state index contributed by atoms with van der Waals surface area (Å²) in [6, 6.07) is -0.469. The molecule has 0 radical (unpaired) electrons. The summed E-state index contributed by atoms with van der Waals surface area (Å²) in [7, 11) is 0. The van der Waals surface area contributed by atoms with Gasteiger partial charge in [-0.1, -0.05) is 6.92 Å². The molecule has 5 nitrogen and oxygen atoms in total. The number of piperidine rings is 1. The maximum absolute atomic E-state index is 12.2. The molecule has 1 fully saturated rings. The molecule has 2 unspecified atom stereocenters. The van der Waals surface area contributed by atoms with Gasteiger partial charge in [0.05, 0.1) is 5.41 Å². The lowest BCUT2D eigenvalue weighted by atomic mass is 9.86. The normalized spacial score (nSPS) is 20.5. The molecule has 2 atom stereocenters. The van der Waals surface area contributed by atoms with E-state index in [2.05, 4.69) is 5.32 Å². The molecule has 0 aromatic carbocycles. The molecular formula is C14H27N3O2. The minimum Gasteiger partial charge on any atom is -0.344 e. The van der Waals surface area contributed by atoms with Crippen molar-refractivity contribution in [1.29, 1.82) is 0 Å². The number of hydrogen-bond acceptors (Lipinski definition) is 3. The van der Waals surface area contributed by atoms with Gasteiger partial charge in [-0.05, 0) is 39.5 Å². The van der Waals surface area contributed by atoms with E-state index in [0.717, 1.165) is 25.9 Å². The quantitative estimate of drug-likeness (QED) is 0.778. The molecule has 1 saturated heterocycles. The smallest absolute Gasteiger partial charge is 0.244 e. The summed E-state index contributed by atoms with van der Waals surface area (Å²) in [5.74, 6) is -0.112. The van der Waals surface area contributed by atoms with Gasteiger partial charge in [-0.15, -0.1) is 0 Å². The van der Waals surface area contributed by atoms with Crippen LogP contribution in [0.4, 0.5) is 0 Å². The molecular weight excluding hydrogens is 242 g/mol. The Hall–Kier alpha value is -1.10. The van der Waals surface area contributed by atoms with Crippen LogP contribution in [0.5, 0.6) is 0 Å². The molecule has 0 aromatic rings. The van der Waals surface area contributed by atoms with E-state index in [-0.39, 0.29) is 11.8 Å². The molecule has 0 aromatic heterocycles. The molecule has 1 aliphatic rings. The predicted octanol–water partition coefficient (Wildman–Crippen LogP) is 0.879. The van der Waals surface area contributed by atoms with Crippen molar-refractivity contribution in [2.45, 2.75) is 52.5 Å². The van der Waals surface area contributed by atoms with Crippen molar-refractivity contribution in [3.05, 3.63) is 0 Å². The number of nitrogens with one attached hydrogen (secondary N) is 1. The first-order valence-electron chi connectivity index (χ1n) is 7.24. The van der Waals surface area contributed by atoms with E-state index >= 15 is 0 Å². The summed E-state index contributed by atoms with van der Waals surface area (Å²) in [5.41, 5.74) is 5.07. The number of rotatable bonds is 5. The molecule has 2 amide bonds. The number of amides is 2. The fourth-order valence-electron chi connectivity index (χ4n) is 2.22. The van der Waals surface area contributed by atoms with Crippen LogP contribution in [-0.4, -0.2) is 42.4 Å². The number of nitrogens with two attached hydrogens (primary N) is 1. The van der Waals surface area contributed by atoms with Crippen LogP contribution in [0.3, 0.4) is 0 Å². The van der Waals surface area contributed by atoms with Crippen LogP contribution in [0.1, 0.15) is 46.5 Å². The highest BCUT2D eigenvalue weighted by molar-refractivity contribution is 5.89. The second kappa shape index (κ2) is 6.89. The zero-order chi connectivity index (χ0) is 14.5. The Bertz CT molecular complexity index is 321. The highest BCUT2D eigenvalue weighted by atomic mass is 16.2. The summed E-state index contributed by atoms with van der Waals surface area (Å²) in [6.07, 6.45) is 3.97. The molecule has 0 spiro atoms. The SMILES string of the molecule is CCC(C)(CN)C(=O)NC(C)C(=O)N1CCCCC1. The Balaban J connectivity index is 2.56. The van der Waals surface area contributed by atoms with Gasteiger partial charge < -0.3 is 16.0 Å². The summed E-state index contributed by atoms with van der Waals surface area (Å²) in [5, 5.41) is 2.81. The Morgan fingerprint density at radius 2 is 1.89 bits per heavy atom.